The van der Waals surface area contributed by atoms with Crippen molar-refractivity contribution in [3.63, 3.8) is 0 Å². The van der Waals surface area contributed by atoms with Crippen molar-refractivity contribution in [3.8, 4) is 22.8 Å². The SMILES string of the molecule is CC(C)C(=O)Nc1c(-c2ncccn2)cc(Br)cc1[N+](=O)[O-].CC(C)C(=O)Nc1ccc(Br)cc1-c1ncccn1. The zero-order valence-corrected chi connectivity index (χ0v) is 25.8. The van der Waals surface area contributed by atoms with Crippen LogP contribution in [-0.2, 0) is 9.59 Å². The summed E-state index contributed by atoms with van der Waals surface area (Å²) in [6.45, 7) is 7.12. The summed E-state index contributed by atoms with van der Waals surface area (Å²) in [5.74, 6) is 0.150. The van der Waals surface area contributed by atoms with Crippen LogP contribution in [0.25, 0.3) is 22.8 Å². The summed E-state index contributed by atoms with van der Waals surface area (Å²) in [6, 6.07) is 12.0. The first-order valence-corrected chi connectivity index (χ1v) is 14.0. The Balaban J connectivity index is 0.000000228. The van der Waals surface area contributed by atoms with Crippen molar-refractivity contribution in [1.82, 2.24) is 19.9 Å². The molecule has 4 aromatic rings. The third kappa shape index (κ3) is 8.69. The van der Waals surface area contributed by atoms with Crippen molar-refractivity contribution in [3.05, 3.63) is 86.3 Å². The number of amides is 2. The minimum absolute atomic E-state index is 0.0282. The highest BCUT2D eigenvalue weighted by molar-refractivity contribution is 9.10. The minimum atomic E-state index is -0.548. The number of nitrogens with zero attached hydrogens (tertiary/aromatic N) is 5. The predicted molar refractivity (Wildman–Crippen MR) is 164 cm³/mol. The monoisotopic (exact) mass is 683 g/mol. The number of nitrogens with one attached hydrogen (secondary N) is 2. The molecule has 0 radical (unpaired) electrons. The van der Waals surface area contributed by atoms with Gasteiger partial charge in [-0.15, -0.1) is 0 Å². The standard InChI is InChI=1S/C14H13BrN4O3.C14H14BrN3O/c1-8(2)14(20)18-12-10(13-16-4-3-5-17-13)6-9(15)7-11(12)19(21)22;1-9(2)14(19)18-12-5-4-10(15)8-11(12)13-16-6-3-7-17-13/h3-8H,1-2H3,(H,18,20);3-9H,1-2H3,(H,18,19). The van der Waals surface area contributed by atoms with Crippen molar-refractivity contribution < 1.29 is 14.5 Å². The largest absolute Gasteiger partial charge is 0.325 e. The highest BCUT2D eigenvalue weighted by Crippen LogP contribution is 2.37. The number of rotatable bonds is 7. The first-order chi connectivity index (χ1) is 19.5. The molecule has 11 nitrogen and oxygen atoms in total. The Morgan fingerprint density at radius 2 is 1.24 bits per heavy atom. The topological polar surface area (TPSA) is 153 Å². The van der Waals surface area contributed by atoms with E-state index in [0.717, 1.165) is 10.0 Å². The molecule has 0 bridgehead atoms. The third-order valence-corrected chi connectivity index (χ3v) is 6.38. The quantitative estimate of drug-likeness (QED) is 0.157. The second-order valence-electron chi connectivity index (χ2n) is 9.23. The van der Waals surface area contributed by atoms with Crippen molar-refractivity contribution in [2.24, 2.45) is 11.8 Å². The van der Waals surface area contributed by atoms with E-state index in [9.17, 15) is 19.7 Å². The van der Waals surface area contributed by atoms with E-state index in [1.807, 2.05) is 32.0 Å². The number of halogens is 2. The molecule has 2 aromatic carbocycles. The molecule has 0 aliphatic carbocycles. The van der Waals surface area contributed by atoms with Crippen LogP contribution in [0.1, 0.15) is 27.7 Å². The van der Waals surface area contributed by atoms with Gasteiger partial charge in [-0.3, -0.25) is 19.7 Å². The Kier molecular flexibility index (Phi) is 11.1. The summed E-state index contributed by atoms with van der Waals surface area (Å²) in [4.78, 5) is 51.2. The van der Waals surface area contributed by atoms with E-state index < -0.39 is 4.92 Å². The van der Waals surface area contributed by atoms with Crippen molar-refractivity contribution in [1.29, 1.82) is 0 Å². The number of carbonyl (C=O) groups is 2. The maximum absolute atomic E-state index is 12.0. The molecule has 0 fully saturated rings. The van der Waals surface area contributed by atoms with Gasteiger partial charge in [-0.1, -0.05) is 59.6 Å². The van der Waals surface area contributed by atoms with Crippen molar-refractivity contribution in [2.45, 2.75) is 27.7 Å². The van der Waals surface area contributed by atoms with Crippen LogP contribution in [0.5, 0.6) is 0 Å². The Bertz CT molecular complexity index is 1540. The molecule has 0 aliphatic rings. The van der Waals surface area contributed by atoms with Crippen LogP contribution in [0.15, 0.2) is 76.2 Å². The van der Waals surface area contributed by atoms with Gasteiger partial charge in [-0.05, 0) is 36.4 Å². The van der Waals surface area contributed by atoms with Gasteiger partial charge in [0.15, 0.2) is 11.6 Å². The normalized spacial score (nSPS) is 10.5. The Labute approximate surface area is 253 Å². The Morgan fingerprint density at radius 3 is 1.76 bits per heavy atom. The lowest BCUT2D eigenvalue weighted by Gasteiger charge is -2.13. The molecule has 2 heterocycles. The number of hydrogen-bond acceptors (Lipinski definition) is 8. The fourth-order valence-corrected chi connectivity index (χ4v) is 4.08. The van der Waals surface area contributed by atoms with E-state index in [1.54, 1.807) is 44.4 Å². The van der Waals surface area contributed by atoms with Gasteiger partial charge >= 0.3 is 0 Å². The first-order valence-electron chi connectivity index (χ1n) is 12.4. The van der Waals surface area contributed by atoms with Gasteiger partial charge in [0.05, 0.1) is 16.2 Å². The lowest BCUT2D eigenvalue weighted by molar-refractivity contribution is -0.383. The molecular formula is C28H27Br2N7O4. The maximum atomic E-state index is 12.0. The number of nitro benzene ring substituents is 1. The van der Waals surface area contributed by atoms with E-state index in [4.69, 9.17) is 0 Å². The van der Waals surface area contributed by atoms with Crippen LogP contribution in [0.4, 0.5) is 17.1 Å². The average Bonchev–Trinajstić information content (AvgIpc) is 2.95. The number of benzene rings is 2. The molecule has 0 saturated heterocycles. The van der Waals surface area contributed by atoms with E-state index in [1.165, 1.54) is 18.5 Å². The van der Waals surface area contributed by atoms with Crippen LogP contribution in [0.3, 0.4) is 0 Å². The summed E-state index contributed by atoms with van der Waals surface area (Å²) >= 11 is 6.66. The summed E-state index contributed by atoms with van der Waals surface area (Å²) < 4.78 is 1.42. The molecule has 0 saturated carbocycles. The maximum Gasteiger partial charge on any atom is 0.294 e. The van der Waals surface area contributed by atoms with Crippen LogP contribution in [-0.4, -0.2) is 36.7 Å². The van der Waals surface area contributed by atoms with Gasteiger partial charge in [-0.2, -0.15) is 0 Å². The Morgan fingerprint density at radius 1 is 0.756 bits per heavy atom. The first kappa shape index (κ1) is 31.4. The fraction of sp³-hybridized carbons (Fsp3) is 0.214. The lowest BCUT2D eigenvalue weighted by Crippen LogP contribution is -2.19. The predicted octanol–water partition coefficient (Wildman–Crippen LogP) is 6.91. The second-order valence-corrected chi connectivity index (χ2v) is 11.1. The number of anilines is 2. The molecule has 2 aromatic heterocycles. The molecular weight excluding hydrogens is 658 g/mol. The van der Waals surface area contributed by atoms with Gasteiger partial charge in [0.25, 0.3) is 5.69 Å². The van der Waals surface area contributed by atoms with Crippen LogP contribution in [0, 0.1) is 22.0 Å². The van der Waals surface area contributed by atoms with Gasteiger partial charge in [0, 0.05) is 57.2 Å². The average molecular weight is 685 g/mol. The van der Waals surface area contributed by atoms with E-state index >= 15 is 0 Å². The van der Waals surface area contributed by atoms with E-state index in [0.29, 0.717) is 27.4 Å². The van der Waals surface area contributed by atoms with Crippen LogP contribution < -0.4 is 10.6 Å². The van der Waals surface area contributed by atoms with Gasteiger partial charge in [-0.25, -0.2) is 19.9 Å². The number of carbonyl (C=O) groups excluding carboxylic acids is 2. The minimum Gasteiger partial charge on any atom is -0.325 e. The molecule has 13 heteroatoms. The number of aromatic nitrogens is 4. The summed E-state index contributed by atoms with van der Waals surface area (Å²) in [5, 5.41) is 16.8. The zero-order chi connectivity index (χ0) is 30.1. The Hall–Kier alpha value is -4.10. The molecule has 0 atom stereocenters. The number of nitro groups is 1. The summed E-state index contributed by atoms with van der Waals surface area (Å²) in [6.07, 6.45) is 6.42. The third-order valence-electron chi connectivity index (χ3n) is 5.43. The molecule has 41 heavy (non-hydrogen) atoms. The summed E-state index contributed by atoms with van der Waals surface area (Å²) in [7, 11) is 0. The molecule has 2 amide bonds. The molecule has 0 unspecified atom stereocenters. The molecule has 0 aliphatic heterocycles. The molecule has 2 N–H and O–H groups in total. The van der Waals surface area contributed by atoms with Crippen molar-refractivity contribution in [2.75, 3.05) is 10.6 Å². The van der Waals surface area contributed by atoms with E-state index in [2.05, 4.69) is 62.4 Å². The van der Waals surface area contributed by atoms with Gasteiger partial charge in [0.1, 0.15) is 5.69 Å². The van der Waals surface area contributed by atoms with Gasteiger partial charge in [0.2, 0.25) is 11.8 Å². The van der Waals surface area contributed by atoms with E-state index in [-0.39, 0.29) is 35.0 Å². The fourth-order valence-electron chi connectivity index (χ4n) is 3.28. The smallest absolute Gasteiger partial charge is 0.294 e. The highest BCUT2D eigenvalue weighted by atomic mass is 79.9. The van der Waals surface area contributed by atoms with Crippen LogP contribution in [0.2, 0.25) is 0 Å². The van der Waals surface area contributed by atoms with Crippen molar-refractivity contribution >= 4 is 60.7 Å². The summed E-state index contributed by atoms with van der Waals surface area (Å²) in [5.41, 5.74) is 1.77. The van der Waals surface area contributed by atoms with Crippen LogP contribution >= 0.6 is 31.9 Å². The molecule has 212 valence electrons. The number of hydrogen-bond donors (Lipinski definition) is 2. The second kappa shape index (κ2) is 14.5. The zero-order valence-electron chi connectivity index (χ0n) is 22.6. The lowest BCUT2D eigenvalue weighted by atomic mass is 10.1. The van der Waals surface area contributed by atoms with Gasteiger partial charge < -0.3 is 10.6 Å². The molecule has 0 spiro atoms. The highest BCUT2D eigenvalue weighted by Gasteiger charge is 2.24. The molecule has 4 rings (SSSR count).